The zero-order valence-corrected chi connectivity index (χ0v) is 12.1. The molecule has 2 unspecified atom stereocenters. The van der Waals surface area contributed by atoms with Gasteiger partial charge in [0.1, 0.15) is 11.6 Å². The van der Waals surface area contributed by atoms with Gasteiger partial charge in [0.2, 0.25) is 0 Å². The van der Waals surface area contributed by atoms with Gasteiger partial charge < -0.3 is 5.11 Å². The third-order valence-electron chi connectivity index (χ3n) is 4.78. The first-order valence-corrected chi connectivity index (χ1v) is 7.70. The zero-order valence-electron chi connectivity index (χ0n) is 12.1. The normalized spacial score (nSPS) is 27.6. The number of piperidine rings is 1. The molecule has 0 aromatic heterocycles. The van der Waals surface area contributed by atoms with Gasteiger partial charge in [-0.2, -0.15) is 0 Å². The van der Waals surface area contributed by atoms with E-state index < -0.39 is 11.6 Å². The van der Waals surface area contributed by atoms with Crippen molar-refractivity contribution in [2.24, 2.45) is 0 Å². The molecule has 2 saturated heterocycles. The van der Waals surface area contributed by atoms with Gasteiger partial charge in [0.05, 0.1) is 6.61 Å². The molecular formula is C16H22F2N2O. The van der Waals surface area contributed by atoms with E-state index in [2.05, 4.69) is 9.80 Å². The first-order valence-electron chi connectivity index (χ1n) is 7.70. The van der Waals surface area contributed by atoms with Gasteiger partial charge in [-0.25, -0.2) is 8.78 Å². The lowest BCUT2D eigenvalue weighted by atomic mass is 9.93. The molecule has 0 spiro atoms. The summed E-state index contributed by atoms with van der Waals surface area (Å²) in [5.41, 5.74) is 0.555. The van der Waals surface area contributed by atoms with Gasteiger partial charge in [-0.1, -0.05) is 12.5 Å². The second-order valence-corrected chi connectivity index (χ2v) is 6.13. The van der Waals surface area contributed by atoms with Crippen LogP contribution in [0.4, 0.5) is 8.78 Å². The van der Waals surface area contributed by atoms with Crippen LogP contribution in [0.1, 0.15) is 24.8 Å². The Morgan fingerprint density at radius 1 is 1.19 bits per heavy atom. The van der Waals surface area contributed by atoms with E-state index in [1.807, 2.05) is 0 Å². The SMILES string of the molecule is OCC1CCCC2CN(Cc3ccc(F)cc3F)CCN12. The number of benzene rings is 1. The van der Waals surface area contributed by atoms with E-state index >= 15 is 0 Å². The number of aliphatic hydroxyl groups is 1. The molecule has 116 valence electrons. The van der Waals surface area contributed by atoms with Gasteiger partial charge in [-0.15, -0.1) is 0 Å². The molecule has 0 amide bonds. The Morgan fingerprint density at radius 3 is 2.81 bits per heavy atom. The van der Waals surface area contributed by atoms with Crippen LogP contribution in [0.25, 0.3) is 0 Å². The van der Waals surface area contributed by atoms with Crippen LogP contribution in [0.3, 0.4) is 0 Å². The monoisotopic (exact) mass is 296 g/mol. The van der Waals surface area contributed by atoms with Crippen molar-refractivity contribution >= 4 is 0 Å². The van der Waals surface area contributed by atoms with E-state index in [1.165, 1.54) is 12.1 Å². The molecule has 3 nitrogen and oxygen atoms in total. The molecular weight excluding hydrogens is 274 g/mol. The van der Waals surface area contributed by atoms with Crippen molar-refractivity contribution in [2.75, 3.05) is 26.2 Å². The zero-order chi connectivity index (χ0) is 14.8. The highest BCUT2D eigenvalue weighted by atomic mass is 19.1. The summed E-state index contributed by atoms with van der Waals surface area (Å²) in [6.07, 6.45) is 3.35. The molecule has 1 N–H and O–H groups in total. The predicted molar refractivity (Wildman–Crippen MR) is 76.9 cm³/mol. The second-order valence-electron chi connectivity index (χ2n) is 6.13. The smallest absolute Gasteiger partial charge is 0.130 e. The minimum Gasteiger partial charge on any atom is -0.395 e. The highest BCUT2D eigenvalue weighted by Gasteiger charge is 2.34. The van der Waals surface area contributed by atoms with Gasteiger partial charge in [-0.3, -0.25) is 9.80 Å². The Kier molecular flexibility index (Phi) is 4.52. The second kappa shape index (κ2) is 6.38. The van der Waals surface area contributed by atoms with Crippen LogP contribution in [0.15, 0.2) is 18.2 Å². The molecule has 2 fully saturated rings. The van der Waals surface area contributed by atoms with Crippen molar-refractivity contribution in [1.82, 2.24) is 9.80 Å². The number of rotatable bonds is 3. The molecule has 1 aromatic carbocycles. The number of nitrogens with zero attached hydrogens (tertiary/aromatic N) is 2. The van der Waals surface area contributed by atoms with E-state index in [0.717, 1.165) is 45.0 Å². The maximum absolute atomic E-state index is 13.7. The summed E-state index contributed by atoms with van der Waals surface area (Å²) in [5, 5.41) is 9.45. The lowest BCUT2D eigenvalue weighted by molar-refractivity contribution is -0.0122. The lowest BCUT2D eigenvalue weighted by Gasteiger charge is -2.48. The van der Waals surface area contributed by atoms with E-state index in [1.54, 1.807) is 0 Å². The van der Waals surface area contributed by atoms with Crippen LogP contribution in [0, 0.1) is 11.6 Å². The Bertz CT molecular complexity index is 497. The third kappa shape index (κ3) is 3.25. The fraction of sp³-hybridized carbons (Fsp3) is 0.625. The van der Waals surface area contributed by atoms with E-state index in [4.69, 9.17) is 0 Å². The van der Waals surface area contributed by atoms with Gasteiger partial charge >= 0.3 is 0 Å². The minimum absolute atomic E-state index is 0.225. The molecule has 2 aliphatic heterocycles. The summed E-state index contributed by atoms with van der Waals surface area (Å²) in [5.74, 6) is -0.992. The third-order valence-corrected chi connectivity index (χ3v) is 4.78. The molecule has 2 aliphatic rings. The maximum atomic E-state index is 13.7. The molecule has 0 saturated carbocycles. The van der Waals surface area contributed by atoms with E-state index in [-0.39, 0.29) is 12.6 Å². The molecule has 21 heavy (non-hydrogen) atoms. The topological polar surface area (TPSA) is 26.7 Å². The van der Waals surface area contributed by atoms with Crippen LogP contribution >= 0.6 is 0 Å². The van der Waals surface area contributed by atoms with Crippen molar-refractivity contribution in [2.45, 2.75) is 37.9 Å². The average Bonchev–Trinajstić information content (AvgIpc) is 2.49. The summed E-state index contributed by atoms with van der Waals surface area (Å²) in [4.78, 5) is 4.64. The number of piperazine rings is 1. The number of hydrogen-bond donors (Lipinski definition) is 1. The first kappa shape index (κ1) is 14.9. The Morgan fingerprint density at radius 2 is 2.05 bits per heavy atom. The highest BCUT2D eigenvalue weighted by molar-refractivity contribution is 5.18. The summed E-state index contributed by atoms with van der Waals surface area (Å²) in [6.45, 7) is 3.43. The molecule has 2 atom stereocenters. The highest BCUT2D eigenvalue weighted by Crippen LogP contribution is 2.27. The molecule has 3 rings (SSSR count). The van der Waals surface area contributed by atoms with Crippen molar-refractivity contribution in [1.29, 1.82) is 0 Å². The van der Waals surface area contributed by atoms with Crippen molar-refractivity contribution in [3.8, 4) is 0 Å². The summed E-state index contributed by atoms with van der Waals surface area (Å²) >= 11 is 0. The molecule has 0 bridgehead atoms. The van der Waals surface area contributed by atoms with Crippen molar-refractivity contribution < 1.29 is 13.9 Å². The van der Waals surface area contributed by atoms with Crippen LogP contribution in [0.2, 0.25) is 0 Å². The van der Waals surface area contributed by atoms with E-state index in [9.17, 15) is 13.9 Å². The number of hydrogen-bond acceptors (Lipinski definition) is 3. The van der Waals surface area contributed by atoms with Crippen LogP contribution in [0.5, 0.6) is 0 Å². The fourth-order valence-electron chi connectivity index (χ4n) is 3.66. The Hall–Kier alpha value is -1.04. The number of aliphatic hydroxyl groups excluding tert-OH is 1. The minimum atomic E-state index is -0.529. The van der Waals surface area contributed by atoms with Gasteiger partial charge in [0.15, 0.2) is 0 Å². The fourth-order valence-corrected chi connectivity index (χ4v) is 3.66. The predicted octanol–water partition coefficient (Wildman–Crippen LogP) is 2.00. The summed E-state index contributed by atoms with van der Waals surface area (Å²) < 4.78 is 26.7. The largest absolute Gasteiger partial charge is 0.395 e. The molecule has 1 aromatic rings. The van der Waals surface area contributed by atoms with Gasteiger partial charge in [0, 0.05) is 49.9 Å². The number of halogens is 2. The standard InChI is InChI=1S/C16H22F2N2O/c17-13-5-4-12(16(18)8-13)9-19-6-7-20-14(10-19)2-1-3-15(20)11-21/h4-5,8,14-15,21H,1-3,6-7,9-11H2. The van der Waals surface area contributed by atoms with Gasteiger partial charge in [-0.05, 0) is 18.9 Å². The molecule has 5 heteroatoms. The van der Waals surface area contributed by atoms with Crippen molar-refractivity contribution in [3.05, 3.63) is 35.4 Å². The summed E-state index contributed by atoms with van der Waals surface area (Å²) in [6, 6.07) is 4.54. The van der Waals surface area contributed by atoms with Crippen LogP contribution in [-0.4, -0.2) is 53.2 Å². The number of fused-ring (bicyclic) bond motifs is 1. The van der Waals surface area contributed by atoms with Gasteiger partial charge in [0.25, 0.3) is 0 Å². The Balaban J connectivity index is 1.64. The lowest BCUT2D eigenvalue weighted by Crippen LogP contribution is -2.58. The first-order chi connectivity index (χ1) is 10.2. The van der Waals surface area contributed by atoms with Crippen LogP contribution in [-0.2, 0) is 6.54 Å². The summed E-state index contributed by atoms with van der Waals surface area (Å²) in [7, 11) is 0. The quantitative estimate of drug-likeness (QED) is 0.924. The Labute approximate surface area is 124 Å². The van der Waals surface area contributed by atoms with Crippen LogP contribution < -0.4 is 0 Å². The molecule has 0 radical (unpaired) electrons. The average molecular weight is 296 g/mol. The van der Waals surface area contributed by atoms with Crippen molar-refractivity contribution in [3.63, 3.8) is 0 Å². The molecule has 0 aliphatic carbocycles. The van der Waals surface area contributed by atoms with E-state index in [0.29, 0.717) is 18.2 Å². The molecule has 2 heterocycles. The maximum Gasteiger partial charge on any atom is 0.130 e.